The minimum Gasteiger partial charge on any atom is -0.289 e. The van der Waals surface area contributed by atoms with E-state index in [1.165, 1.54) is 0 Å². The van der Waals surface area contributed by atoms with Crippen molar-refractivity contribution in [2.75, 3.05) is 17.0 Å². The smallest absolute Gasteiger partial charge is 0.241 e. The Hall–Kier alpha value is -1.64. The second kappa shape index (κ2) is 11.5. The maximum atomic E-state index is 12.5. The zero-order valence-electron chi connectivity index (χ0n) is 15.7. The summed E-state index contributed by atoms with van der Waals surface area (Å²) in [5, 5.41) is 1.40. The number of hydrogen-bond acceptors (Lipinski definition) is 4. The molecule has 0 spiro atoms. The average Bonchev–Trinajstić information content (AvgIpc) is 2.67. The van der Waals surface area contributed by atoms with Crippen LogP contribution in [-0.2, 0) is 10.0 Å². The van der Waals surface area contributed by atoms with Crippen LogP contribution in [0.5, 0.6) is 0 Å². The summed E-state index contributed by atoms with van der Waals surface area (Å²) >= 11 is 3.54. The number of aromatic nitrogens is 1. The van der Waals surface area contributed by atoms with Crippen LogP contribution in [0.15, 0.2) is 71.8 Å². The van der Waals surface area contributed by atoms with E-state index in [4.69, 9.17) is 0 Å². The standard InChI is InChI=1S/C20H20BrN3O2S.2ClH/c1-2-23-27(25,26)19-12-6-11-18-17(19)13-14-22-20(18)24(21)15-7-10-16-8-4-3-5-9-16;;/h3-14,23H,2,15H2,1H3;2*1H. The molecule has 3 aromatic rings. The van der Waals surface area contributed by atoms with Gasteiger partial charge in [0.15, 0.2) is 0 Å². The highest BCUT2D eigenvalue weighted by atomic mass is 79.9. The topological polar surface area (TPSA) is 62.3 Å². The minimum atomic E-state index is -3.56. The van der Waals surface area contributed by atoms with Gasteiger partial charge in [-0.05, 0) is 17.7 Å². The van der Waals surface area contributed by atoms with Crippen LogP contribution in [0.1, 0.15) is 12.5 Å². The molecule has 0 atom stereocenters. The lowest BCUT2D eigenvalue weighted by atomic mass is 10.1. The fraction of sp³-hybridized carbons (Fsp3) is 0.150. The molecule has 0 saturated carbocycles. The van der Waals surface area contributed by atoms with E-state index in [2.05, 4.69) is 25.9 Å². The van der Waals surface area contributed by atoms with Crippen LogP contribution >= 0.6 is 41.0 Å². The molecule has 0 bridgehead atoms. The van der Waals surface area contributed by atoms with Crippen molar-refractivity contribution in [1.29, 1.82) is 0 Å². The maximum Gasteiger partial charge on any atom is 0.241 e. The lowest BCUT2D eigenvalue weighted by Gasteiger charge is -2.17. The van der Waals surface area contributed by atoms with Gasteiger partial charge in [0.2, 0.25) is 10.0 Å². The summed E-state index contributed by atoms with van der Waals surface area (Å²) in [5.74, 6) is 0.666. The van der Waals surface area contributed by atoms with E-state index in [1.54, 1.807) is 31.3 Å². The van der Waals surface area contributed by atoms with E-state index in [1.807, 2.05) is 52.5 Å². The molecule has 156 valence electrons. The number of hydrogen-bond donors (Lipinski definition) is 1. The third-order valence-corrected chi connectivity index (χ3v) is 6.20. The van der Waals surface area contributed by atoms with E-state index in [9.17, 15) is 8.42 Å². The number of halogens is 3. The van der Waals surface area contributed by atoms with Gasteiger partial charge in [0.25, 0.3) is 0 Å². The molecular formula is C20H22BrCl2N3O2S. The molecule has 0 aliphatic rings. The molecule has 3 rings (SSSR count). The van der Waals surface area contributed by atoms with Gasteiger partial charge in [0.05, 0.1) is 21.0 Å². The molecule has 0 aliphatic heterocycles. The van der Waals surface area contributed by atoms with Gasteiger partial charge in [-0.25, -0.2) is 18.1 Å². The summed E-state index contributed by atoms with van der Waals surface area (Å²) in [6.45, 7) is 2.67. The molecule has 0 radical (unpaired) electrons. The summed E-state index contributed by atoms with van der Waals surface area (Å²) in [5.41, 5.74) is 1.11. The molecule has 29 heavy (non-hydrogen) atoms. The third kappa shape index (κ3) is 6.17. The molecule has 0 fully saturated rings. The predicted molar refractivity (Wildman–Crippen MR) is 129 cm³/mol. The summed E-state index contributed by atoms with van der Waals surface area (Å²) < 4.78 is 29.3. The van der Waals surface area contributed by atoms with Crippen molar-refractivity contribution in [2.45, 2.75) is 11.8 Å². The molecule has 1 heterocycles. The molecule has 5 nitrogen and oxygen atoms in total. The van der Waals surface area contributed by atoms with Crippen molar-refractivity contribution in [1.82, 2.24) is 9.71 Å². The predicted octanol–water partition coefficient (Wildman–Crippen LogP) is 5.21. The fourth-order valence-corrected chi connectivity index (χ4v) is 4.50. The zero-order valence-corrected chi connectivity index (χ0v) is 19.7. The Morgan fingerprint density at radius 2 is 1.76 bits per heavy atom. The van der Waals surface area contributed by atoms with Crippen molar-refractivity contribution < 1.29 is 8.42 Å². The first kappa shape index (κ1) is 25.4. The van der Waals surface area contributed by atoms with Gasteiger partial charge >= 0.3 is 0 Å². The van der Waals surface area contributed by atoms with Gasteiger partial charge in [0, 0.05) is 30.1 Å². The number of nitrogens with zero attached hydrogens (tertiary/aromatic N) is 2. The Kier molecular flexibility index (Phi) is 10.1. The molecule has 0 amide bonds. The van der Waals surface area contributed by atoms with E-state index in [0.717, 1.165) is 10.9 Å². The number of anilines is 1. The van der Waals surface area contributed by atoms with Gasteiger partial charge in [-0.15, -0.1) is 24.8 Å². The number of rotatable bonds is 7. The highest BCUT2D eigenvalue weighted by Crippen LogP contribution is 2.30. The van der Waals surface area contributed by atoms with Crippen molar-refractivity contribution in [3.63, 3.8) is 0 Å². The van der Waals surface area contributed by atoms with Gasteiger partial charge < -0.3 is 0 Å². The number of fused-ring (bicyclic) bond motifs is 1. The molecule has 1 N–H and O–H groups in total. The summed E-state index contributed by atoms with van der Waals surface area (Å²) in [6, 6.07) is 17.0. The molecule has 0 saturated heterocycles. The molecular weight excluding hydrogens is 497 g/mol. The van der Waals surface area contributed by atoms with Crippen LogP contribution in [0.3, 0.4) is 0 Å². The van der Waals surface area contributed by atoms with E-state index >= 15 is 0 Å². The van der Waals surface area contributed by atoms with E-state index in [-0.39, 0.29) is 29.7 Å². The SMILES string of the molecule is CCNS(=O)(=O)c1cccc2c(N(Br)CC=Cc3ccccc3)nccc12.Cl.Cl. The Morgan fingerprint density at radius 3 is 2.45 bits per heavy atom. The number of nitrogens with one attached hydrogen (secondary N) is 1. The molecule has 9 heteroatoms. The second-order valence-electron chi connectivity index (χ2n) is 5.84. The Morgan fingerprint density at radius 1 is 1.03 bits per heavy atom. The first-order valence-corrected chi connectivity index (χ1v) is 10.7. The summed E-state index contributed by atoms with van der Waals surface area (Å²) in [7, 11) is -3.56. The lowest BCUT2D eigenvalue weighted by Crippen LogP contribution is -2.23. The molecule has 0 aliphatic carbocycles. The van der Waals surface area contributed by atoms with Crippen LogP contribution in [0, 0.1) is 0 Å². The largest absolute Gasteiger partial charge is 0.289 e. The van der Waals surface area contributed by atoms with Crippen LogP contribution in [0.25, 0.3) is 16.8 Å². The number of sulfonamides is 1. The Bertz CT molecular complexity index is 1060. The first-order chi connectivity index (χ1) is 13.0. The van der Waals surface area contributed by atoms with E-state index < -0.39 is 10.0 Å². The van der Waals surface area contributed by atoms with Crippen molar-refractivity contribution >= 4 is 73.7 Å². The summed E-state index contributed by atoms with van der Waals surface area (Å²) in [4.78, 5) is 4.69. The highest BCUT2D eigenvalue weighted by Gasteiger charge is 2.18. The van der Waals surface area contributed by atoms with Gasteiger partial charge in [0.1, 0.15) is 5.82 Å². The van der Waals surface area contributed by atoms with Crippen LogP contribution in [0.4, 0.5) is 5.82 Å². The quantitative estimate of drug-likeness (QED) is 0.436. The third-order valence-electron chi connectivity index (χ3n) is 3.97. The maximum absolute atomic E-state index is 12.5. The Balaban J connectivity index is 0.00000210. The molecule has 2 aromatic carbocycles. The van der Waals surface area contributed by atoms with Crippen molar-refractivity contribution in [3.05, 3.63) is 72.4 Å². The van der Waals surface area contributed by atoms with Gasteiger partial charge in [-0.3, -0.25) is 3.93 Å². The average molecular weight is 519 g/mol. The van der Waals surface area contributed by atoms with Crippen molar-refractivity contribution in [2.24, 2.45) is 0 Å². The van der Waals surface area contributed by atoms with Crippen molar-refractivity contribution in [3.8, 4) is 0 Å². The van der Waals surface area contributed by atoms with Crippen LogP contribution < -0.4 is 8.65 Å². The zero-order chi connectivity index (χ0) is 19.3. The number of benzene rings is 2. The van der Waals surface area contributed by atoms with E-state index in [0.29, 0.717) is 24.3 Å². The molecule has 1 aromatic heterocycles. The Labute approximate surface area is 192 Å². The molecule has 0 unspecified atom stereocenters. The number of pyridine rings is 1. The highest BCUT2D eigenvalue weighted by molar-refractivity contribution is 9.10. The summed E-state index contributed by atoms with van der Waals surface area (Å²) in [6.07, 6.45) is 5.67. The van der Waals surface area contributed by atoms with Gasteiger partial charge in [-0.2, -0.15) is 0 Å². The van der Waals surface area contributed by atoms with Gasteiger partial charge in [-0.1, -0.05) is 61.5 Å². The lowest BCUT2D eigenvalue weighted by molar-refractivity contribution is 0.585. The normalized spacial score (nSPS) is 11.1. The fourth-order valence-electron chi connectivity index (χ4n) is 2.79. The monoisotopic (exact) mass is 517 g/mol. The first-order valence-electron chi connectivity index (χ1n) is 8.55. The minimum absolute atomic E-state index is 0. The van der Waals surface area contributed by atoms with Crippen LogP contribution in [0.2, 0.25) is 0 Å². The second-order valence-corrected chi connectivity index (χ2v) is 8.44. The van der Waals surface area contributed by atoms with Crippen LogP contribution in [-0.4, -0.2) is 26.5 Å².